The van der Waals surface area contributed by atoms with E-state index < -0.39 is 11.5 Å². The predicted molar refractivity (Wildman–Crippen MR) is 123 cm³/mol. The van der Waals surface area contributed by atoms with Crippen LogP contribution in [0.25, 0.3) is 0 Å². The number of aromatic nitrogens is 1. The number of H-pyrrole nitrogens is 1. The highest BCUT2D eigenvalue weighted by Gasteiger charge is 2.59. The van der Waals surface area contributed by atoms with E-state index in [4.69, 9.17) is 0 Å². The summed E-state index contributed by atoms with van der Waals surface area (Å²) in [5.74, 6) is -0.272. The number of carbonyl (C=O) groups excluding carboxylic acids is 2. The molecule has 3 heterocycles. The molecule has 2 aliphatic heterocycles. The maximum Gasteiger partial charge on any atom is 0.256 e. The molecule has 0 bridgehead atoms. The zero-order chi connectivity index (χ0) is 22.5. The van der Waals surface area contributed by atoms with E-state index in [1.54, 1.807) is 11.0 Å². The summed E-state index contributed by atoms with van der Waals surface area (Å²) in [6.07, 6.45) is 0.529. The highest BCUT2D eigenvalue weighted by Crippen LogP contribution is 2.55. The van der Waals surface area contributed by atoms with Gasteiger partial charge >= 0.3 is 0 Å². The minimum absolute atomic E-state index is 0.0231. The quantitative estimate of drug-likeness (QED) is 0.663. The molecule has 1 spiro atoms. The van der Waals surface area contributed by atoms with Gasteiger partial charge in [0.15, 0.2) is 0 Å². The van der Waals surface area contributed by atoms with Crippen LogP contribution in [0.3, 0.4) is 0 Å². The molecule has 0 unspecified atom stereocenters. The lowest BCUT2D eigenvalue weighted by atomic mass is 9.72. The molecule has 32 heavy (non-hydrogen) atoms. The summed E-state index contributed by atoms with van der Waals surface area (Å²) in [4.78, 5) is 43.9. The van der Waals surface area contributed by atoms with Crippen molar-refractivity contribution in [2.24, 2.45) is 0 Å². The van der Waals surface area contributed by atoms with Gasteiger partial charge in [-0.05, 0) is 35.6 Å². The molecule has 2 amide bonds. The molecule has 2 aliphatic rings. The van der Waals surface area contributed by atoms with Crippen LogP contribution >= 0.6 is 0 Å². The number of fused-ring (bicyclic) bond motifs is 2. The Labute approximate surface area is 186 Å². The first-order valence-electron chi connectivity index (χ1n) is 10.9. The molecule has 1 saturated heterocycles. The maximum atomic E-state index is 13.9. The van der Waals surface area contributed by atoms with Crippen LogP contribution in [0.5, 0.6) is 0 Å². The number of amides is 2. The molecule has 3 aromatic rings. The van der Waals surface area contributed by atoms with Gasteiger partial charge in [0.1, 0.15) is 5.41 Å². The standard InChI is InChI=1S/C26H25N3O3/c1-16(2)22-18(12-13-21(30)28-22)24(31)29-15-14-26(23(29)17-8-4-3-5-9-17)19-10-6-7-11-20(19)27-25(26)32/h3-13,16,23H,14-15H2,1-2H3,(H,27,32)(H,28,30)/t23-,26+/m0/s1. The van der Waals surface area contributed by atoms with Crippen molar-refractivity contribution in [2.45, 2.75) is 37.6 Å². The smallest absolute Gasteiger partial charge is 0.256 e. The van der Waals surface area contributed by atoms with Gasteiger partial charge in [-0.25, -0.2) is 0 Å². The van der Waals surface area contributed by atoms with Crippen LogP contribution in [0.1, 0.15) is 59.4 Å². The number of anilines is 1. The molecule has 2 aromatic carbocycles. The number of rotatable bonds is 3. The first kappa shape index (κ1) is 20.2. The molecule has 0 radical (unpaired) electrons. The molecule has 2 N–H and O–H groups in total. The molecule has 6 nitrogen and oxygen atoms in total. The van der Waals surface area contributed by atoms with Crippen LogP contribution in [-0.4, -0.2) is 28.2 Å². The zero-order valence-corrected chi connectivity index (χ0v) is 18.1. The monoisotopic (exact) mass is 427 g/mol. The van der Waals surface area contributed by atoms with Gasteiger partial charge in [-0.3, -0.25) is 14.4 Å². The number of benzene rings is 2. The molecule has 5 rings (SSSR count). The van der Waals surface area contributed by atoms with Crippen molar-refractivity contribution < 1.29 is 9.59 Å². The SMILES string of the molecule is CC(C)c1[nH]c(=O)ccc1C(=O)N1CC[C@]2(C(=O)Nc3ccccc32)[C@@H]1c1ccccc1. The lowest BCUT2D eigenvalue weighted by molar-refractivity contribution is -0.121. The lowest BCUT2D eigenvalue weighted by Gasteiger charge is -2.34. The second kappa shape index (κ2) is 7.48. The van der Waals surface area contributed by atoms with Gasteiger partial charge in [0.2, 0.25) is 11.5 Å². The Hall–Kier alpha value is -3.67. The normalized spacial score (nSPS) is 21.8. The van der Waals surface area contributed by atoms with E-state index in [9.17, 15) is 14.4 Å². The fourth-order valence-electron chi connectivity index (χ4n) is 5.29. The molecule has 6 heteroatoms. The lowest BCUT2D eigenvalue weighted by Crippen LogP contribution is -2.43. The minimum atomic E-state index is -0.853. The summed E-state index contributed by atoms with van der Waals surface area (Å²) >= 11 is 0. The maximum absolute atomic E-state index is 13.9. The molecule has 162 valence electrons. The first-order chi connectivity index (χ1) is 15.4. The van der Waals surface area contributed by atoms with E-state index in [1.165, 1.54) is 6.07 Å². The fourth-order valence-corrected chi connectivity index (χ4v) is 5.29. The molecular formula is C26H25N3O3. The third-order valence-corrected chi connectivity index (χ3v) is 6.72. The summed E-state index contributed by atoms with van der Waals surface area (Å²) in [5.41, 5.74) is 2.66. The van der Waals surface area contributed by atoms with E-state index in [0.717, 1.165) is 16.8 Å². The highest BCUT2D eigenvalue weighted by molar-refractivity contribution is 6.08. The van der Waals surface area contributed by atoms with Crippen LogP contribution in [-0.2, 0) is 10.2 Å². The molecule has 0 aliphatic carbocycles. The minimum Gasteiger partial charge on any atom is -0.330 e. The number of nitrogens with zero attached hydrogens (tertiary/aromatic N) is 1. The number of hydrogen-bond donors (Lipinski definition) is 2. The average Bonchev–Trinajstić information content (AvgIpc) is 3.33. The third-order valence-electron chi connectivity index (χ3n) is 6.72. The molecule has 1 aromatic heterocycles. The number of para-hydroxylation sites is 1. The highest BCUT2D eigenvalue weighted by atomic mass is 16.2. The fraction of sp³-hybridized carbons (Fsp3) is 0.269. The number of carbonyl (C=O) groups is 2. The van der Waals surface area contributed by atoms with Crippen LogP contribution in [0.4, 0.5) is 5.69 Å². The van der Waals surface area contributed by atoms with Crippen molar-refractivity contribution in [3.8, 4) is 0 Å². The number of pyridine rings is 1. The number of hydrogen-bond acceptors (Lipinski definition) is 3. The number of aromatic amines is 1. The Morgan fingerprint density at radius 3 is 2.47 bits per heavy atom. The topological polar surface area (TPSA) is 82.3 Å². The Kier molecular flexibility index (Phi) is 4.73. The summed E-state index contributed by atoms with van der Waals surface area (Å²) in [6.45, 7) is 4.34. The van der Waals surface area contributed by atoms with E-state index in [1.807, 2.05) is 68.4 Å². The second-order valence-electron chi connectivity index (χ2n) is 8.84. The van der Waals surface area contributed by atoms with Crippen LogP contribution < -0.4 is 10.9 Å². The van der Waals surface area contributed by atoms with Crippen molar-refractivity contribution in [3.05, 3.63) is 99.5 Å². The van der Waals surface area contributed by atoms with Crippen molar-refractivity contribution in [1.82, 2.24) is 9.88 Å². The summed E-state index contributed by atoms with van der Waals surface area (Å²) < 4.78 is 0. The number of likely N-dealkylation sites (tertiary alicyclic amines) is 1. The third kappa shape index (κ3) is 2.90. The van der Waals surface area contributed by atoms with Gasteiger partial charge in [0.05, 0.1) is 11.6 Å². The Morgan fingerprint density at radius 1 is 1.00 bits per heavy atom. The summed E-state index contributed by atoms with van der Waals surface area (Å²) in [5, 5.41) is 3.04. The molecule has 2 atom stereocenters. The molecule has 0 saturated carbocycles. The second-order valence-corrected chi connectivity index (χ2v) is 8.84. The Balaban J connectivity index is 1.67. The average molecular weight is 428 g/mol. The van der Waals surface area contributed by atoms with Crippen LogP contribution in [0.15, 0.2) is 71.5 Å². The van der Waals surface area contributed by atoms with Crippen molar-refractivity contribution >= 4 is 17.5 Å². The van der Waals surface area contributed by atoms with Gasteiger partial charge in [-0.2, -0.15) is 0 Å². The zero-order valence-electron chi connectivity index (χ0n) is 18.1. The summed E-state index contributed by atoms with van der Waals surface area (Å²) in [7, 11) is 0. The Bertz CT molecular complexity index is 1260. The van der Waals surface area contributed by atoms with Gasteiger partial charge in [-0.1, -0.05) is 62.4 Å². The summed E-state index contributed by atoms with van der Waals surface area (Å²) in [6, 6.07) is 20.0. The van der Waals surface area contributed by atoms with Crippen LogP contribution in [0.2, 0.25) is 0 Å². The van der Waals surface area contributed by atoms with Gasteiger partial charge < -0.3 is 15.2 Å². The molecular weight excluding hydrogens is 402 g/mol. The van der Waals surface area contributed by atoms with E-state index in [-0.39, 0.29) is 23.3 Å². The first-order valence-corrected chi connectivity index (χ1v) is 10.9. The Morgan fingerprint density at radius 2 is 1.72 bits per heavy atom. The van der Waals surface area contributed by atoms with Gasteiger partial charge in [0, 0.05) is 24.0 Å². The number of nitrogens with one attached hydrogen (secondary N) is 2. The van der Waals surface area contributed by atoms with E-state index >= 15 is 0 Å². The molecule has 1 fully saturated rings. The van der Waals surface area contributed by atoms with E-state index in [0.29, 0.717) is 24.2 Å². The van der Waals surface area contributed by atoms with Gasteiger partial charge in [0.25, 0.3) is 5.91 Å². The predicted octanol–water partition coefficient (Wildman–Crippen LogP) is 3.98. The van der Waals surface area contributed by atoms with Crippen molar-refractivity contribution in [3.63, 3.8) is 0 Å². The van der Waals surface area contributed by atoms with Gasteiger partial charge in [-0.15, -0.1) is 0 Å². The van der Waals surface area contributed by atoms with E-state index in [2.05, 4.69) is 10.3 Å². The largest absolute Gasteiger partial charge is 0.330 e. The van der Waals surface area contributed by atoms with Crippen molar-refractivity contribution in [1.29, 1.82) is 0 Å². The van der Waals surface area contributed by atoms with Crippen LogP contribution in [0, 0.1) is 0 Å². The van der Waals surface area contributed by atoms with Crippen molar-refractivity contribution in [2.75, 3.05) is 11.9 Å².